The second-order valence-corrected chi connectivity index (χ2v) is 11.7. The van der Waals surface area contributed by atoms with Gasteiger partial charge in [-0.25, -0.2) is 9.18 Å². The van der Waals surface area contributed by atoms with Crippen molar-refractivity contribution in [3.05, 3.63) is 94.3 Å². The topological polar surface area (TPSA) is 75.3 Å². The van der Waals surface area contributed by atoms with Gasteiger partial charge in [0.25, 0.3) is 0 Å². The van der Waals surface area contributed by atoms with E-state index >= 15 is 4.39 Å². The van der Waals surface area contributed by atoms with Crippen molar-refractivity contribution < 1.29 is 32.7 Å². The molecule has 2 aliphatic heterocycles. The van der Waals surface area contributed by atoms with Gasteiger partial charge in [-0.15, -0.1) is 0 Å². The third-order valence-corrected chi connectivity index (χ3v) is 8.62. The number of benzene rings is 3. The Kier molecular flexibility index (Phi) is 8.09. The van der Waals surface area contributed by atoms with Crippen LogP contribution in [0.3, 0.4) is 0 Å². The molecule has 0 radical (unpaired) electrons. The summed E-state index contributed by atoms with van der Waals surface area (Å²) < 4.78 is 46.7. The number of halogens is 2. The highest BCUT2D eigenvalue weighted by atomic mass is 35.5. The number of hydrogen-bond donors (Lipinski definition) is 1. The van der Waals surface area contributed by atoms with Crippen LogP contribution in [0.5, 0.6) is 5.75 Å². The SMILES string of the molecule is CNC(=O)OC[C@]1(c2ccccc2)Oc2cc(F)c(Cl)c(B3OC(C)(C)C(C)(C)O3)c2[C@@H]1COCc1ccccc1. The fourth-order valence-electron chi connectivity index (χ4n) is 5.30. The van der Waals surface area contributed by atoms with Crippen molar-refractivity contribution in [2.24, 2.45) is 0 Å². The van der Waals surface area contributed by atoms with Crippen molar-refractivity contribution in [1.29, 1.82) is 0 Å². The van der Waals surface area contributed by atoms with Gasteiger partial charge >= 0.3 is 13.2 Å². The normalized spacial score (nSPS) is 22.2. The number of rotatable bonds is 8. The van der Waals surface area contributed by atoms with Gasteiger partial charge in [0.1, 0.15) is 18.2 Å². The lowest BCUT2D eigenvalue weighted by Crippen LogP contribution is -2.45. The molecule has 0 aliphatic carbocycles. The van der Waals surface area contributed by atoms with Crippen LogP contribution in [0.2, 0.25) is 5.02 Å². The van der Waals surface area contributed by atoms with Crippen LogP contribution in [0.1, 0.15) is 50.3 Å². The van der Waals surface area contributed by atoms with Crippen LogP contribution < -0.4 is 15.5 Å². The predicted molar refractivity (Wildman–Crippen MR) is 155 cm³/mol. The van der Waals surface area contributed by atoms with Crippen LogP contribution in [0, 0.1) is 5.82 Å². The lowest BCUT2D eigenvalue weighted by molar-refractivity contribution is -0.0311. The molecule has 1 saturated heterocycles. The summed E-state index contributed by atoms with van der Waals surface area (Å²) in [6.07, 6.45) is -0.626. The molecule has 41 heavy (non-hydrogen) atoms. The van der Waals surface area contributed by atoms with E-state index in [9.17, 15) is 4.79 Å². The summed E-state index contributed by atoms with van der Waals surface area (Å²) >= 11 is 6.70. The van der Waals surface area contributed by atoms with Gasteiger partial charge in [0.15, 0.2) is 5.60 Å². The maximum absolute atomic E-state index is 15.4. The van der Waals surface area contributed by atoms with Crippen LogP contribution in [0.4, 0.5) is 9.18 Å². The number of nitrogens with one attached hydrogen (secondary N) is 1. The fraction of sp³-hybridized carbons (Fsp3) is 0.387. The second kappa shape index (κ2) is 11.3. The lowest BCUT2D eigenvalue weighted by Gasteiger charge is -2.35. The monoisotopic (exact) mass is 581 g/mol. The minimum absolute atomic E-state index is 0.116. The van der Waals surface area contributed by atoms with E-state index in [1.54, 1.807) is 0 Å². The number of carbonyl (C=O) groups excluding carboxylic acids is 1. The zero-order chi connectivity index (χ0) is 29.4. The van der Waals surface area contributed by atoms with E-state index < -0.39 is 41.7 Å². The van der Waals surface area contributed by atoms with Gasteiger partial charge in [0.2, 0.25) is 0 Å². The average Bonchev–Trinajstić information content (AvgIpc) is 3.37. The van der Waals surface area contributed by atoms with E-state index in [4.69, 9.17) is 35.1 Å². The van der Waals surface area contributed by atoms with E-state index in [2.05, 4.69) is 5.32 Å². The number of ether oxygens (including phenoxy) is 3. The van der Waals surface area contributed by atoms with Crippen LogP contribution >= 0.6 is 11.6 Å². The van der Waals surface area contributed by atoms with Gasteiger partial charge < -0.3 is 28.8 Å². The Hall–Kier alpha value is -3.11. The Morgan fingerprint density at radius 2 is 1.63 bits per heavy atom. The smallest absolute Gasteiger partial charge is 0.478 e. The standard InChI is InChI=1S/C31H34BClFNO6/c1-29(2)30(3,4)41-32(40-29)26-25-22(18-37-17-20-12-8-6-9-13-20)31(19-38-28(36)35-5,21-14-10-7-11-15-21)39-24(25)16-23(34)27(26)33/h6-16,22H,17-19H2,1-5H3,(H,35,36)/t22-,31+/m0/s1. The second-order valence-electron chi connectivity index (χ2n) is 11.3. The molecule has 10 heteroatoms. The third-order valence-electron chi connectivity index (χ3n) is 8.23. The predicted octanol–water partition coefficient (Wildman–Crippen LogP) is 5.72. The summed E-state index contributed by atoms with van der Waals surface area (Å²) in [6.45, 7) is 7.97. The highest BCUT2D eigenvalue weighted by Crippen LogP contribution is 2.52. The highest BCUT2D eigenvalue weighted by molar-refractivity contribution is 6.66. The molecule has 0 saturated carbocycles. The van der Waals surface area contributed by atoms with Crippen molar-refractivity contribution in [3.8, 4) is 5.75 Å². The zero-order valence-corrected chi connectivity index (χ0v) is 24.6. The van der Waals surface area contributed by atoms with Gasteiger partial charge in [-0.05, 0) is 38.8 Å². The van der Waals surface area contributed by atoms with E-state index in [0.717, 1.165) is 11.1 Å². The minimum Gasteiger partial charge on any atom is -0.478 e. The van der Waals surface area contributed by atoms with Crippen LogP contribution in [0.15, 0.2) is 66.7 Å². The van der Waals surface area contributed by atoms with E-state index in [0.29, 0.717) is 17.6 Å². The van der Waals surface area contributed by atoms with Crippen molar-refractivity contribution in [2.45, 2.75) is 57.0 Å². The molecule has 0 bridgehead atoms. The number of hydrogen-bond acceptors (Lipinski definition) is 6. The van der Waals surface area contributed by atoms with E-state index in [-0.39, 0.29) is 24.0 Å². The first-order valence-electron chi connectivity index (χ1n) is 13.6. The molecule has 0 aromatic heterocycles. The number of carbonyl (C=O) groups is 1. The summed E-state index contributed by atoms with van der Waals surface area (Å²) in [5.41, 5.74) is -0.0110. The van der Waals surface area contributed by atoms with Crippen LogP contribution in [0.25, 0.3) is 0 Å². The molecule has 2 aliphatic rings. The molecule has 2 heterocycles. The van der Waals surface area contributed by atoms with Crippen molar-refractivity contribution in [1.82, 2.24) is 5.32 Å². The zero-order valence-electron chi connectivity index (χ0n) is 23.8. The molecule has 5 rings (SSSR count). The summed E-state index contributed by atoms with van der Waals surface area (Å²) in [5, 5.41) is 2.37. The third kappa shape index (κ3) is 5.44. The van der Waals surface area contributed by atoms with E-state index in [1.807, 2.05) is 88.4 Å². The van der Waals surface area contributed by atoms with Crippen LogP contribution in [-0.4, -0.2) is 44.7 Å². The Labute approximate surface area is 245 Å². The molecule has 3 aromatic rings. The molecular weight excluding hydrogens is 548 g/mol. The largest absolute Gasteiger partial charge is 0.496 e. The summed E-state index contributed by atoms with van der Waals surface area (Å²) in [4.78, 5) is 12.3. The Morgan fingerprint density at radius 1 is 1.02 bits per heavy atom. The number of amides is 1. The Bertz CT molecular complexity index is 1390. The van der Waals surface area contributed by atoms with Crippen molar-refractivity contribution in [2.75, 3.05) is 20.3 Å². The highest BCUT2D eigenvalue weighted by Gasteiger charge is 2.58. The minimum atomic E-state index is -1.26. The summed E-state index contributed by atoms with van der Waals surface area (Å²) in [5.74, 6) is -0.996. The first kappa shape index (κ1) is 29.4. The van der Waals surface area contributed by atoms with Crippen LogP contribution in [-0.2, 0) is 31.0 Å². The molecular formula is C31H34BClFNO6. The van der Waals surface area contributed by atoms with Gasteiger partial charge in [-0.3, -0.25) is 0 Å². The first-order valence-corrected chi connectivity index (χ1v) is 13.9. The molecule has 7 nitrogen and oxygen atoms in total. The molecule has 1 fully saturated rings. The molecule has 0 unspecified atom stereocenters. The quantitative estimate of drug-likeness (QED) is 0.343. The number of fused-ring (bicyclic) bond motifs is 1. The molecule has 1 amide bonds. The maximum atomic E-state index is 15.4. The molecule has 216 valence electrons. The average molecular weight is 582 g/mol. The molecule has 3 aromatic carbocycles. The maximum Gasteiger partial charge on any atom is 0.496 e. The van der Waals surface area contributed by atoms with Gasteiger partial charge in [0, 0.05) is 24.1 Å². The molecule has 2 atom stereocenters. The lowest BCUT2D eigenvalue weighted by atomic mass is 9.69. The van der Waals surface area contributed by atoms with Gasteiger partial charge in [-0.2, -0.15) is 0 Å². The van der Waals surface area contributed by atoms with Gasteiger partial charge in [0.05, 0.1) is 35.4 Å². The summed E-state index contributed by atoms with van der Waals surface area (Å²) in [6, 6.07) is 20.4. The van der Waals surface area contributed by atoms with Gasteiger partial charge in [-0.1, -0.05) is 72.3 Å². The Morgan fingerprint density at radius 3 is 2.24 bits per heavy atom. The fourth-order valence-corrected chi connectivity index (χ4v) is 5.54. The van der Waals surface area contributed by atoms with E-state index in [1.165, 1.54) is 13.1 Å². The Balaban J connectivity index is 1.65. The number of alkyl carbamates (subject to hydrolysis) is 1. The summed E-state index contributed by atoms with van der Waals surface area (Å²) in [7, 11) is 0.511. The van der Waals surface area contributed by atoms with Crippen molar-refractivity contribution >= 4 is 30.3 Å². The first-order chi connectivity index (χ1) is 19.5. The molecule has 0 spiro atoms. The molecule has 1 N–H and O–H groups in total. The van der Waals surface area contributed by atoms with Crippen molar-refractivity contribution in [3.63, 3.8) is 0 Å².